The van der Waals surface area contributed by atoms with E-state index >= 15 is 0 Å². The largest absolute Gasteiger partial charge is 0.507 e. The van der Waals surface area contributed by atoms with Crippen molar-refractivity contribution in [3.8, 4) is 5.75 Å². The van der Waals surface area contributed by atoms with Crippen LogP contribution in [-0.2, 0) is 4.79 Å². The molecule has 98 valence electrons. The molecule has 0 atom stereocenters. The number of hydrogen-bond acceptors (Lipinski definition) is 3. The highest BCUT2D eigenvalue weighted by molar-refractivity contribution is 9.10. The van der Waals surface area contributed by atoms with Gasteiger partial charge in [0.25, 0.3) is 0 Å². The smallest absolute Gasteiger partial charge is 0.240 e. The van der Waals surface area contributed by atoms with Gasteiger partial charge in [-0.25, -0.2) is 5.43 Å². The molecular weight excluding hydrogens is 296 g/mol. The Labute approximate surface area is 115 Å². The molecule has 0 spiro atoms. The van der Waals surface area contributed by atoms with Crippen molar-refractivity contribution in [1.29, 1.82) is 0 Å². The Kier molecular flexibility index (Phi) is 6.43. The summed E-state index contributed by atoms with van der Waals surface area (Å²) in [6, 6.07) is 5.02. The molecule has 0 saturated carbocycles. The number of rotatable bonds is 6. The number of nitrogens with one attached hydrogen (secondary N) is 1. The minimum Gasteiger partial charge on any atom is -0.507 e. The van der Waals surface area contributed by atoms with E-state index in [0.29, 0.717) is 12.0 Å². The predicted molar refractivity (Wildman–Crippen MR) is 75.7 cm³/mol. The molecule has 0 radical (unpaired) electrons. The van der Waals surface area contributed by atoms with E-state index in [9.17, 15) is 9.90 Å². The highest BCUT2D eigenvalue weighted by atomic mass is 79.9. The summed E-state index contributed by atoms with van der Waals surface area (Å²) >= 11 is 3.30. The van der Waals surface area contributed by atoms with Crippen LogP contribution in [0.5, 0.6) is 5.75 Å². The molecule has 0 aliphatic carbocycles. The number of hydrazone groups is 1. The van der Waals surface area contributed by atoms with E-state index < -0.39 is 0 Å². The maximum absolute atomic E-state index is 11.4. The lowest BCUT2D eigenvalue weighted by molar-refractivity contribution is -0.121. The van der Waals surface area contributed by atoms with Gasteiger partial charge < -0.3 is 5.11 Å². The molecule has 18 heavy (non-hydrogen) atoms. The van der Waals surface area contributed by atoms with Crippen LogP contribution in [0, 0.1) is 0 Å². The lowest BCUT2D eigenvalue weighted by atomic mass is 10.2. The van der Waals surface area contributed by atoms with Crippen molar-refractivity contribution < 1.29 is 9.90 Å². The van der Waals surface area contributed by atoms with Crippen LogP contribution in [0.4, 0.5) is 0 Å². The van der Waals surface area contributed by atoms with Gasteiger partial charge in [0, 0.05) is 16.5 Å². The molecular formula is C13H17BrN2O2. The normalized spacial score (nSPS) is 10.8. The van der Waals surface area contributed by atoms with Crippen LogP contribution in [0.3, 0.4) is 0 Å². The second-order valence-electron chi connectivity index (χ2n) is 3.95. The summed E-state index contributed by atoms with van der Waals surface area (Å²) in [5.74, 6) is 0.0244. The lowest BCUT2D eigenvalue weighted by Crippen LogP contribution is -2.16. The molecule has 0 saturated heterocycles. The van der Waals surface area contributed by atoms with Crippen molar-refractivity contribution in [2.75, 3.05) is 0 Å². The van der Waals surface area contributed by atoms with Gasteiger partial charge in [0.15, 0.2) is 0 Å². The predicted octanol–water partition coefficient (Wildman–Crippen LogP) is 3.19. The standard InChI is InChI=1S/C13H17BrN2O2/c1-2-3-4-5-13(18)16-15-9-10-8-11(14)6-7-12(10)17/h6-9,17H,2-5H2,1H3,(H,16,18). The van der Waals surface area contributed by atoms with Gasteiger partial charge in [-0.2, -0.15) is 5.10 Å². The summed E-state index contributed by atoms with van der Waals surface area (Å²) in [5, 5.41) is 13.4. The molecule has 0 aliphatic rings. The molecule has 5 heteroatoms. The molecule has 0 aliphatic heterocycles. The minimum atomic E-state index is -0.103. The summed E-state index contributed by atoms with van der Waals surface area (Å²) in [5.41, 5.74) is 2.99. The third-order valence-electron chi connectivity index (χ3n) is 2.39. The van der Waals surface area contributed by atoms with E-state index in [-0.39, 0.29) is 11.7 Å². The second-order valence-corrected chi connectivity index (χ2v) is 4.87. The minimum absolute atomic E-state index is 0.103. The second kappa shape index (κ2) is 7.87. The van der Waals surface area contributed by atoms with Crippen LogP contribution < -0.4 is 5.43 Å². The van der Waals surface area contributed by atoms with Crippen LogP contribution >= 0.6 is 15.9 Å². The molecule has 0 unspecified atom stereocenters. The lowest BCUT2D eigenvalue weighted by Gasteiger charge is -2.00. The Morgan fingerprint density at radius 3 is 3.00 bits per heavy atom. The first-order valence-corrected chi connectivity index (χ1v) is 6.73. The maximum atomic E-state index is 11.4. The van der Waals surface area contributed by atoms with E-state index in [2.05, 4.69) is 33.4 Å². The van der Waals surface area contributed by atoms with Crippen molar-refractivity contribution >= 4 is 28.1 Å². The van der Waals surface area contributed by atoms with Crippen LogP contribution in [0.25, 0.3) is 0 Å². The quantitative estimate of drug-likeness (QED) is 0.481. The molecule has 0 bridgehead atoms. The van der Waals surface area contributed by atoms with Gasteiger partial charge in [0.1, 0.15) is 5.75 Å². The topological polar surface area (TPSA) is 61.7 Å². The number of aromatic hydroxyl groups is 1. The number of unbranched alkanes of at least 4 members (excludes halogenated alkanes) is 2. The Bertz CT molecular complexity index is 433. The third-order valence-corrected chi connectivity index (χ3v) is 2.88. The Balaban J connectivity index is 2.44. The van der Waals surface area contributed by atoms with Gasteiger partial charge >= 0.3 is 0 Å². The zero-order valence-electron chi connectivity index (χ0n) is 10.3. The zero-order valence-corrected chi connectivity index (χ0v) is 11.9. The number of carbonyl (C=O) groups is 1. The van der Waals surface area contributed by atoms with Gasteiger partial charge in [-0.1, -0.05) is 35.7 Å². The zero-order chi connectivity index (χ0) is 13.4. The van der Waals surface area contributed by atoms with Crippen LogP contribution in [-0.4, -0.2) is 17.2 Å². The van der Waals surface area contributed by atoms with E-state index in [1.807, 2.05) is 0 Å². The molecule has 0 heterocycles. The fraction of sp³-hybridized carbons (Fsp3) is 0.385. The number of nitrogens with zero attached hydrogens (tertiary/aromatic N) is 1. The number of amides is 1. The van der Waals surface area contributed by atoms with E-state index in [0.717, 1.165) is 23.7 Å². The average Bonchev–Trinajstić information content (AvgIpc) is 2.34. The Hall–Kier alpha value is -1.36. The summed E-state index contributed by atoms with van der Waals surface area (Å²) in [4.78, 5) is 11.4. The summed E-state index contributed by atoms with van der Waals surface area (Å²) < 4.78 is 0.844. The summed E-state index contributed by atoms with van der Waals surface area (Å²) in [6.45, 7) is 2.09. The first-order chi connectivity index (χ1) is 8.63. The number of carbonyl (C=O) groups excluding carboxylic acids is 1. The Morgan fingerprint density at radius 1 is 1.50 bits per heavy atom. The van der Waals surface area contributed by atoms with Gasteiger partial charge in [-0.15, -0.1) is 0 Å². The van der Waals surface area contributed by atoms with Crippen LogP contribution in [0.15, 0.2) is 27.8 Å². The fourth-order valence-electron chi connectivity index (χ4n) is 1.39. The molecule has 1 rings (SSSR count). The molecule has 1 aromatic carbocycles. The summed E-state index contributed by atoms with van der Waals surface area (Å²) in [6.07, 6.45) is 4.92. The highest BCUT2D eigenvalue weighted by Gasteiger charge is 2.00. The number of halogens is 1. The maximum Gasteiger partial charge on any atom is 0.240 e. The SMILES string of the molecule is CCCCCC(=O)NN=Cc1cc(Br)ccc1O. The van der Waals surface area contributed by atoms with E-state index in [1.165, 1.54) is 6.21 Å². The number of phenolic OH excluding ortho intramolecular Hbond substituents is 1. The van der Waals surface area contributed by atoms with Gasteiger partial charge in [-0.3, -0.25) is 4.79 Å². The van der Waals surface area contributed by atoms with Crippen LogP contribution in [0.1, 0.15) is 38.2 Å². The molecule has 0 fully saturated rings. The van der Waals surface area contributed by atoms with Crippen molar-refractivity contribution in [3.63, 3.8) is 0 Å². The summed E-state index contributed by atoms with van der Waals surface area (Å²) in [7, 11) is 0. The van der Waals surface area contributed by atoms with Gasteiger partial charge in [0.2, 0.25) is 5.91 Å². The van der Waals surface area contributed by atoms with Crippen molar-refractivity contribution in [2.45, 2.75) is 32.6 Å². The first kappa shape index (κ1) is 14.7. The van der Waals surface area contributed by atoms with Crippen molar-refractivity contribution in [1.82, 2.24) is 5.43 Å². The number of phenols is 1. The third kappa shape index (κ3) is 5.31. The Morgan fingerprint density at radius 2 is 2.28 bits per heavy atom. The molecule has 2 N–H and O–H groups in total. The molecule has 0 aromatic heterocycles. The van der Waals surface area contributed by atoms with Crippen LogP contribution in [0.2, 0.25) is 0 Å². The average molecular weight is 313 g/mol. The molecule has 1 amide bonds. The first-order valence-electron chi connectivity index (χ1n) is 5.94. The van der Waals surface area contributed by atoms with Gasteiger partial charge in [0.05, 0.1) is 6.21 Å². The van der Waals surface area contributed by atoms with Crippen molar-refractivity contribution in [3.05, 3.63) is 28.2 Å². The van der Waals surface area contributed by atoms with E-state index in [4.69, 9.17) is 0 Å². The number of hydrogen-bond donors (Lipinski definition) is 2. The molecule has 4 nitrogen and oxygen atoms in total. The molecule has 1 aromatic rings. The monoisotopic (exact) mass is 312 g/mol. The highest BCUT2D eigenvalue weighted by Crippen LogP contribution is 2.19. The van der Waals surface area contributed by atoms with Crippen molar-refractivity contribution in [2.24, 2.45) is 5.10 Å². The fourth-order valence-corrected chi connectivity index (χ4v) is 1.77. The van der Waals surface area contributed by atoms with Gasteiger partial charge in [-0.05, 0) is 24.6 Å². The van der Waals surface area contributed by atoms with E-state index in [1.54, 1.807) is 18.2 Å². The number of benzene rings is 1.